The van der Waals surface area contributed by atoms with Crippen molar-refractivity contribution < 1.29 is 0 Å². The van der Waals surface area contributed by atoms with Gasteiger partial charge in [-0.25, -0.2) is 4.98 Å². The molecule has 2 aromatic rings. The fourth-order valence-corrected chi connectivity index (χ4v) is 2.29. The Kier molecular flexibility index (Phi) is 4.64. The summed E-state index contributed by atoms with van der Waals surface area (Å²) in [5, 5.41) is 3.35. The lowest BCUT2D eigenvalue weighted by Crippen LogP contribution is -2.17. The van der Waals surface area contributed by atoms with Gasteiger partial charge in [0.1, 0.15) is 5.82 Å². The van der Waals surface area contributed by atoms with Crippen LogP contribution in [0.1, 0.15) is 11.4 Å². The first-order valence-corrected chi connectivity index (χ1v) is 6.71. The summed E-state index contributed by atoms with van der Waals surface area (Å²) < 4.78 is 0. The van der Waals surface area contributed by atoms with Crippen molar-refractivity contribution in [3.05, 3.63) is 48.0 Å². The second-order valence-electron chi connectivity index (χ2n) is 3.87. The van der Waals surface area contributed by atoms with Crippen LogP contribution in [0.15, 0.2) is 41.6 Å². The van der Waals surface area contributed by atoms with Gasteiger partial charge in [0, 0.05) is 29.6 Å². The van der Waals surface area contributed by atoms with Crippen molar-refractivity contribution in [2.24, 2.45) is 0 Å². The number of hydrogen-bond donors (Lipinski definition) is 2. The molecule has 0 amide bonds. The van der Waals surface area contributed by atoms with E-state index >= 15 is 0 Å². The largest absolute Gasteiger partial charge is 0.348 e. The first-order chi connectivity index (χ1) is 8.34. The van der Waals surface area contributed by atoms with Crippen molar-refractivity contribution >= 4 is 11.8 Å². The van der Waals surface area contributed by atoms with Crippen LogP contribution in [-0.2, 0) is 6.54 Å². The highest BCUT2D eigenvalue weighted by molar-refractivity contribution is 7.99. The summed E-state index contributed by atoms with van der Waals surface area (Å²) in [4.78, 5) is 8.56. The van der Waals surface area contributed by atoms with E-state index in [4.69, 9.17) is 0 Å². The predicted octanol–water partition coefficient (Wildman–Crippen LogP) is 2.60. The lowest BCUT2D eigenvalue weighted by molar-refractivity contribution is 0.702. The summed E-state index contributed by atoms with van der Waals surface area (Å²) in [6, 6.07) is 8.65. The van der Waals surface area contributed by atoms with Crippen LogP contribution in [0.2, 0.25) is 0 Å². The van der Waals surface area contributed by atoms with Crippen molar-refractivity contribution in [1.29, 1.82) is 0 Å². The van der Waals surface area contributed by atoms with Crippen molar-refractivity contribution in [3.63, 3.8) is 0 Å². The Morgan fingerprint density at radius 1 is 1.29 bits per heavy atom. The molecule has 4 heteroatoms. The number of aryl methyl sites for hydroxylation is 1. The van der Waals surface area contributed by atoms with E-state index in [9.17, 15) is 0 Å². The lowest BCUT2D eigenvalue weighted by atomic mass is 10.2. The van der Waals surface area contributed by atoms with Crippen LogP contribution in [0.3, 0.4) is 0 Å². The van der Waals surface area contributed by atoms with Crippen molar-refractivity contribution in [1.82, 2.24) is 15.3 Å². The number of hydrogen-bond acceptors (Lipinski definition) is 3. The summed E-state index contributed by atoms with van der Waals surface area (Å²) in [6.45, 7) is 3.90. The number of H-pyrrole nitrogens is 1. The van der Waals surface area contributed by atoms with Crippen LogP contribution >= 0.6 is 11.8 Å². The summed E-state index contributed by atoms with van der Waals surface area (Å²) in [7, 11) is 0. The van der Waals surface area contributed by atoms with Crippen LogP contribution in [0.25, 0.3) is 0 Å². The number of nitrogens with one attached hydrogen (secondary N) is 2. The first-order valence-electron chi connectivity index (χ1n) is 5.73. The molecule has 0 aliphatic heterocycles. The van der Waals surface area contributed by atoms with Gasteiger partial charge in [0.15, 0.2) is 0 Å². The summed E-state index contributed by atoms with van der Waals surface area (Å²) in [5.41, 5.74) is 1.31. The highest BCUT2D eigenvalue weighted by atomic mass is 32.2. The van der Waals surface area contributed by atoms with Gasteiger partial charge in [0.25, 0.3) is 0 Å². The van der Waals surface area contributed by atoms with E-state index in [0.29, 0.717) is 0 Å². The van der Waals surface area contributed by atoms with E-state index in [2.05, 4.69) is 46.5 Å². The molecule has 0 radical (unpaired) electrons. The fourth-order valence-electron chi connectivity index (χ4n) is 1.48. The molecule has 0 aliphatic rings. The number of benzene rings is 1. The Morgan fingerprint density at radius 3 is 2.82 bits per heavy atom. The molecule has 2 N–H and O–H groups in total. The molecule has 0 aliphatic carbocycles. The van der Waals surface area contributed by atoms with Gasteiger partial charge in [-0.3, -0.25) is 0 Å². The smallest absolute Gasteiger partial charge is 0.120 e. The van der Waals surface area contributed by atoms with E-state index in [-0.39, 0.29) is 0 Å². The van der Waals surface area contributed by atoms with Crippen LogP contribution in [-0.4, -0.2) is 22.3 Å². The minimum atomic E-state index is 0.807. The minimum Gasteiger partial charge on any atom is -0.348 e. The van der Waals surface area contributed by atoms with Gasteiger partial charge in [-0.2, -0.15) is 0 Å². The maximum Gasteiger partial charge on any atom is 0.120 e. The Morgan fingerprint density at radius 2 is 2.12 bits per heavy atom. The van der Waals surface area contributed by atoms with Crippen molar-refractivity contribution in [2.45, 2.75) is 18.4 Å². The van der Waals surface area contributed by atoms with Crippen LogP contribution in [0, 0.1) is 6.92 Å². The average molecular weight is 247 g/mol. The molecule has 0 fully saturated rings. The van der Waals surface area contributed by atoms with Gasteiger partial charge in [-0.05, 0) is 19.1 Å². The fraction of sp³-hybridized carbons (Fsp3) is 0.308. The van der Waals surface area contributed by atoms with E-state index in [1.807, 2.05) is 18.0 Å². The molecule has 0 unspecified atom stereocenters. The maximum atomic E-state index is 4.16. The molecule has 0 bridgehead atoms. The third kappa shape index (κ3) is 4.24. The standard InChI is InChI=1S/C13H17N3S/c1-11-2-4-12(5-3-11)17-9-8-14-10-13-15-6-7-16-13/h2-7,14H,8-10H2,1H3,(H,15,16). The number of imidazole rings is 1. The summed E-state index contributed by atoms with van der Waals surface area (Å²) >= 11 is 1.87. The summed E-state index contributed by atoms with van der Waals surface area (Å²) in [6.07, 6.45) is 3.62. The molecular weight excluding hydrogens is 230 g/mol. The number of aromatic amines is 1. The molecule has 3 nitrogen and oxygen atoms in total. The highest BCUT2D eigenvalue weighted by Gasteiger charge is 1.95. The Bertz CT molecular complexity index is 422. The lowest BCUT2D eigenvalue weighted by Gasteiger charge is -2.03. The van der Waals surface area contributed by atoms with Gasteiger partial charge in [0.2, 0.25) is 0 Å². The van der Waals surface area contributed by atoms with E-state index in [0.717, 1.165) is 24.7 Å². The van der Waals surface area contributed by atoms with Gasteiger partial charge in [-0.1, -0.05) is 17.7 Å². The molecular formula is C13H17N3S. The molecule has 0 saturated heterocycles. The normalized spacial score (nSPS) is 10.6. The molecule has 1 heterocycles. The van der Waals surface area contributed by atoms with Crippen LogP contribution in [0.4, 0.5) is 0 Å². The second-order valence-corrected chi connectivity index (χ2v) is 5.04. The van der Waals surface area contributed by atoms with Gasteiger partial charge >= 0.3 is 0 Å². The number of nitrogens with zero attached hydrogens (tertiary/aromatic N) is 1. The number of thioether (sulfide) groups is 1. The van der Waals surface area contributed by atoms with E-state index in [1.165, 1.54) is 10.5 Å². The Labute approximate surface area is 106 Å². The second kappa shape index (κ2) is 6.47. The van der Waals surface area contributed by atoms with Crippen LogP contribution < -0.4 is 5.32 Å². The SMILES string of the molecule is Cc1ccc(SCCNCc2ncc[nH]2)cc1. The van der Waals surface area contributed by atoms with E-state index in [1.54, 1.807) is 6.20 Å². The third-order valence-corrected chi connectivity index (χ3v) is 3.43. The Hall–Kier alpha value is -1.26. The Balaban J connectivity index is 1.61. The van der Waals surface area contributed by atoms with E-state index < -0.39 is 0 Å². The third-order valence-electron chi connectivity index (χ3n) is 2.42. The minimum absolute atomic E-state index is 0.807. The molecule has 2 rings (SSSR count). The zero-order chi connectivity index (χ0) is 11.9. The molecule has 1 aromatic carbocycles. The molecule has 1 aromatic heterocycles. The van der Waals surface area contributed by atoms with Crippen molar-refractivity contribution in [2.75, 3.05) is 12.3 Å². The zero-order valence-electron chi connectivity index (χ0n) is 9.94. The molecule has 0 saturated carbocycles. The monoisotopic (exact) mass is 247 g/mol. The molecule has 0 atom stereocenters. The van der Waals surface area contributed by atoms with Gasteiger partial charge in [0.05, 0.1) is 6.54 Å². The molecule has 17 heavy (non-hydrogen) atoms. The van der Waals surface area contributed by atoms with Gasteiger partial charge in [-0.15, -0.1) is 11.8 Å². The number of rotatable bonds is 6. The first kappa shape index (κ1) is 12.2. The maximum absolute atomic E-state index is 4.16. The van der Waals surface area contributed by atoms with Crippen LogP contribution in [0.5, 0.6) is 0 Å². The predicted molar refractivity (Wildman–Crippen MR) is 72.2 cm³/mol. The summed E-state index contributed by atoms with van der Waals surface area (Å²) in [5.74, 6) is 2.06. The van der Waals surface area contributed by atoms with Gasteiger partial charge < -0.3 is 10.3 Å². The highest BCUT2D eigenvalue weighted by Crippen LogP contribution is 2.17. The number of aromatic nitrogens is 2. The molecule has 90 valence electrons. The quantitative estimate of drug-likeness (QED) is 0.609. The molecule has 0 spiro atoms. The zero-order valence-corrected chi connectivity index (χ0v) is 10.8. The topological polar surface area (TPSA) is 40.7 Å². The van der Waals surface area contributed by atoms with Crippen molar-refractivity contribution in [3.8, 4) is 0 Å². The average Bonchev–Trinajstić information content (AvgIpc) is 2.84.